The zero-order valence-electron chi connectivity index (χ0n) is 11.5. The van der Waals surface area contributed by atoms with Crippen molar-refractivity contribution >= 4 is 17.8 Å². The lowest BCUT2D eigenvalue weighted by atomic mass is 10.3. The van der Waals surface area contributed by atoms with Crippen molar-refractivity contribution in [2.75, 3.05) is 13.1 Å². The van der Waals surface area contributed by atoms with Crippen LogP contribution in [0.3, 0.4) is 0 Å². The molecular formula is C12H18N4O4. The third-order valence-electron chi connectivity index (χ3n) is 2.67. The lowest BCUT2D eigenvalue weighted by Gasteiger charge is -2.19. The topological polar surface area (TPSA) is 119 Å². The van der Waals surface area contributed by atoms with E-state index in [-0.39, 0.29) is 6.42 Å². The molecule has 110 valence electrons. The van der Waals surface area contributed by atoms with Gasteiger partial charge in [-0.1, -0.05) is 0 Å². The minimum Gasteiger partial charge on any atom is -0.480 e. The van der Waals surface area contributed by atoms with E-state index >= 15 is 0 Å². The molecular weight excluding hydrogens is 264 g/mol. The third kappa shape index (κ3) is 4.71. The van der Waals surface area contributed by atoms with Crippen molar-refractivity contribution in [3.8, 4) is 0 Å². The van der Waals surface area contributed by atoms with Crippen LogP contribution in [-0.4, -0.2) is 50.7 Å². The zero-order chi connectivity index (χ0) is 15.3. The van der Waals surface area contributed by atoms with Gasteiger partial charge in [0.1, 0.15) is 6.54 Å². The summed E-state index contributed by atoms with van der Waals surface area (Å²) in [7, 11) is 0. The summed E-state index contributed by atoms with van der Waals surface area (Å²) in [5, 5.41) is 12.9. The molecule has 0 atom stereocenters. The van der Waals surface area contributed by atoms with Gasteiger partial charge in [0, 0.05) is 18.7 Å². The minimum absolute atomic E-state index is 0.0581. The van der Waals surface area contributed by atoms with Crippen molar-refractivity contribution in [3.63, 3.8) is 0 Å². The molecule has 8 heteroatoms. The number of primary amides is 1. The van der Waals surface area contributed by atoms with E-state index in [0.717, 1.165) is 16.3 Å². The van der Waals surface area contributed by atoms with Crippen LogP contribution in [0, 0.1) is 13.8 Å². The Balaban J connectivity index is 2.63. The lowest BCUT2D eigenvalue weighted by molar-refractivity contribution is -0.145. The van der Waals surface area contributed by atoms with E-state index in [2.05, 4.69) is 5.10 Å². The number of carboxylic acid groups (broad SMARTS) is 1. The average molecular weight is 282 g/mol. The van der Waals surface area contributed by atoms with Crippen LogP contribution in [0.25, 0.3) is 0 Å². The summed E-state index contributed by atoms with van der Waals surface area (Å²) in [5.74, 6) is -2.38. The van der Waals surface area contributed by atoms with Crippen molar-refractivity contribution < 1.29 is 19.5 Å². The largest absolute Gasteiger partial charge is 0.480 e. The predicted molar refractivity (Wildman–Crippen MR) is 69.7 cm³/mol. The van der Waals surface area contributed by atoms with Gasteiger partial charge in [-0.3, -0.25) is 19.1 Å². The van der Waals surface area contributed by atoms with E-state index in [1.165, 1.54) is 0 Å². The molecule has 1 rings (SSSR count). The molecule has 0 bridgehead atoms. The van der Waals surface area contributed by atoms with Gasteiger partial charge in [-0.05, 0) is 19.9 Å². The highest BCUT2D eigenvalue weighted by atomic mass is 16.4. The number of carboxylic acids is 1. The quantitative estimate of drug-likeness (QED) is 0.684. The van der Waals surface area contributed by atoms with Gasteiger partial charge in [-0.15, -0.1) is 0 Å². The molecule has 0 aromatic carbocycles. The highest BCUT2D eigenvalue weighted by Gasteiger charge is 2.18. The van der Waals surface area contributed by atoms with Crippen LogP contribution < -0.4 is 5.73 Å². The van der Waals surface area contributed by atoms with Crippen molar-refractivity contribution in [2.45, 2.75) is 26.8 Å². The Hall–Kier alpha value is -2.38. The number of aliphatic carboxylic acids is 1. The Kier molecular flexibility index (Phi) is 5.24. The van der Waals surface area contributed by atoms with E-state index in [4.69, 9.17) is 10.8 Å². The van der Waals surface area contributed by atoms with Crippen molar-refractivity contribution in [1.82, 2.24) is 14.7 Å². The molecule has 0 aliphatic heterocycles. The molecule has 1 aromatic rings. The molecule has 0 aliphatic carbocycles. The third-order valence-corrected chi connectivity index (χ3v) is 2.67. The van der Waals surface area contributed by atoms with Crippen molar-refractivity contribution in [2.24, 2.45) is 5.73 Å². The van der Waals surface area contributed by atoms with E-state index in [1.54, 1.807) is 4.68 Å². The molecule has 3 N–H and O–H groups in total. The van der Waals surface area contributed by atoms with E-state index in [1.807, 2.05) is 19.9 Å². The fourth-order valence-corrected chi connectivity index (χ4v) is 1.84. The summed E-state index contributed by atoms with van der Waals surface area (Å²) in [4.78, 5) is 34.4. The van der Waals surface area contributed by atoms with Crippen LogP contribution in [0.4, 0.5) is 0 Å². The normalized spacial score (nSPS) is 10.3. The molecule has 1 heterocycles. The average Bonchev–Trinajstić information content (AvgIpc) is 2.62. The van der Waals surface area contributed by atoms with E-state index < -0.39 is 30.9 Å². The highest BCUT2D eigenvalue weighted by molar-refractivity contribution is 5.86. The van der Waals surface area contributed by atoms with Gasteiger partial charge in [0.05, 0.1) is 12.2 Å². The summed E-state index contributed by atoms with van der Waals surface area (Å²) < 4.78 is 1.66. The predicted octanol–water partition coefficient (Wildman–Crippen LogP) is -0.711. The Bertz CT molecular complexity index is 508. The van der Waals surface area contributed by atoms with Gasteiger partial charge in [-0.2, -0.15) is 5.10 Å². The van der Waals surface area contributed by atoms with Crippen molar-refractivity contribution in [1.29, 1.82) is 0 Å². The van der Waals surface area contributed by atoms with Crippen LogP contribution >= 0.6 is 0 Å². The summed E-state index contributed by atoms with van der Waals surface area (Å²) >= 11 is 0. The number of aromatic nitrogens is 2. The van der Waals surface area contributed by atoms with E-state index in [0.29, 0.717) is 6.54 Å². The lowest BCUT2D eigenvalue weighted by Crippen LogP contribution is -2.41. The molecule has 0 saturated carbocycles. The maximum Gasteiger partial charge on any atom is 0.323 e. The first-order valence-corrected chi connectivity index (χ1v) is 6.08. The molecule has 2 amide bonds. The minimum atomic E-state index is -1.19. The van der Waals surface area contributed by atoms with Crippen LogP contribution in [0.1, 0.15) is 17.8 Å². The second-order valence-electron chi connectivity index (χ2n) is 4.51. The molecule has 0 spiro atoms. The Labute approximate surface area is 116 Å². The maximum absolute atomic E-state index is 11.9. The Morgan fingerprint density at radius 1 is 1.35 bits per heavy atom. The number of hydrogen-bond acceptors (Lipinski definition) is 4. The van der Waals surface area contributed by atoms with Crippen LogP contribution in [-0.2, 0) is 20.9 Å². The van der Waals surface area contributed by atoms with Gasteiger partial charge >= 0.3 is 5.97 Å². The number of nitrogens with two attached hydrogens (primary N) is 1. The second-order valence-corrected chi connectivity index (χ2v) is 4.51. The smallest absolute Gasteiger partial charge is 0.323 e. The number of carbonyl (C=O) groups is 3. The molecule has 0 unspecified atom stereocenters. The number of rotatable bonds is 7. The Morgan fingerprint density at radius 2 is 2.00 bits per heavy atom. The van der Waals surface area contributed by atoms with Crippen LogP contribution in [0.15, 0.2) is 6.07 Å². The van der Waals surface area contributed by atoms with E-state index in [9.17, 15) is 14.4 Å². The molecule has 1 aromatic heterocycles. The molecule has 0 radical (unpaired) electrons. The number of carbonyl (C=O) groups excluding carboxylic acids is 2. The fraction of sp³-hybridized carbons (Fsp3) is 0.500. The summed E-state index contributed by atoms with van der Waals surface area (Å²) in [5.41, 5.74) is 6.75. The van der Waals surface area contributed by atoms with Gasteiger partial charge in [0.2, 0.25) is 11.8 Å². The Morgan fingerprint density at radius 3 is 2.45 bits per heavy atom. The fourth-order valence-electron chi connectivity index (χ4n) is 1.84. The number of hydrogen-bond donors (Lipinski definition) is 2. The molecule has 0 saturated heterocycles. The van der Waals surface area contributed by atoms with Crippen LogP contribution in [0.2, 0.25) is 0 Å². The number of aryl methyl sites for hydroxylation is 3. The van der Waals surface area contributed by atoms with Crippen molar-refractivity contribution in [3.05, 3.63) is 17.5 Å². The first kappa shape index (κ1) is 15.7. The monoisotopic (exact) mass is 282 g/mol. The second kappa shape index (κ2) is 6.69. The SMILES string of the molecule is Cc1cc(C)n(CCC(=O)N(CC(N)=O)CC(=O)O)n1. The van der Waals surface area contributed by atoms with Gasteiger partial charge < -0.3 is 15.7 Å². The summed E-state index contributed by atoms with van der Waals surface area (Å²) in [6.07, 6.45) is 0.0581. The van der Waals surface area contributed by atoms with Crippen LogP contribution in [0.5, 0.6) is 0 Å². The zero-order valence-corrected chi connectivity index (χ0v) is 11.5. The van der Waals surface area contributed by atoms with Gasteiger partial charge in [-0.25, -0.2) is 0 Å². The maximum atomic E-state index is 11.9. The number of amides is 2. The summed E-state index contributed by atoms with van der Waals surface area (Å²) in [6.45, 7) is 3.09. The highest BCUT2D eigenvalue weighted by Crippen LogP contribution is 2.04. The molecule has 0 aliphatic rings. The standard InChI is InChI=1S/C12H18N4O4/c1-8-5-9(2)16(14-8)4-3-11(18)15(6-10(13)17)7-12(19)20/h5H,3-4,6-7H2,1-2H3,(H2,13,17)(H,19,20). The summed E-state index contributed by atoms with van der Waals surface area (Å²) in [6, 6.07) is 1.88. The molecule has 20 heavy (non-hydrogen) atoms. The van der Waals surface area contributed by atoms with Gasteiger partial charge in [0.15, 0.2) is 0 Å². The molecule has 0 fully saturated rings. The first-order chi connectivity index (χ1) is 9.29. The molecule has 8 nitrogen and oxygen atoms in total. The first-order valence-electron chi connectivity index (χ1n) is 6.08. The van der Waals surface area contributed by atoms with Gasteiger partial charge in [0.25, 0.3) is 0 Å². The number of nitrogens with zero attached hydrogens (tertiary/aromatic N) is 3.